The Morgan fingerprint density at radius 2 is 2.08 bits per heavy atom. The van der Waals surface area contributed by atoms with Gasteiger partial charge in [0.2, 0.25) is 5.91 Å². The van der Waals surface area contributed by atoms with Crippen LogP contribution in [-0.4, -0.2) is 51.2 Å². The number of fused-ring (bicyclic) bond motifs is 1. The van der Waals surface area contributed by atoms with Gasteiger partial charge in [-0.3, -0.25) is 19.3 Å². The van der Waals surface area contributed by atoms with E-state index in [1.807, 2.05) is 0 Å². The van der Waals surface area contributed by atoms with Crippen LogP contribution in [0.5, 0.6) is 0 Å². The number of likely N-dealkylation sites (tertiary alicyclic amines) is 1. The van der Waals surface area contributed by atoms with Crippen molar-refractivity contribution in [2.24, 2.45) is 0 Å². The maximum atomic E-state index is 11.1. The Labute approximate surface area is 154 Å². The monoisotopic (exact) mass is 353 g/mol. The van der Waals surface area contributed by atoms with Gasteiger partial charge >= 0.3 is 0 Å². The topological polar surface area (TPSA) is 53.4 Å². The van der Waals surface area contributed by atoms with Crippen LogP contribution in [-0.2, 0) is 31.0 Å². The number of carbonyl (C=O) groups is 1. The molecule has 1 fully saturated rings. The maximum Gasteiger partial charge on any atom is 0.217 e. The van der Waals surface area contributed by atoms with E-state index in [-0.39, 0.29) is 5.91 Å². The molecule has 0 aliphatic carbocycles. The first-order chi connectivity index (χ1) is 12.7. The fraction of sp³-hybridized carbons (Fsp3) is 0.500. The molecule has 0 unspecified atom stereocenters. The second-order valence-corrected chi connectivity index (χ2v) is 7.39. The minimum atomic E-state index is -0.0120. The number of nitrogens with one attached hydrogen (secondary N) is 1. The molecule has 0 bridgehead atoms. The van der Waals surface area contributed by atoms with Crippen molar-refractivity contribution in [1.82, 2.24) is 24.9 Å². The van der Waals surface area contributed by atoms with Crippen molar-refractivity contribution in [2.45, 2.75) is 45.6 Å². The van der Waals surface area contributed by atoms with Crippen LogP contribution < -0.4 is 5.32 Å². The van der Waals surface area contributed by atoms with Gasteiger partial charge in [-0.25, -0.2) is 0 Å². The van der Waals surface area contributed by atoms with E-state index in [4.69, 9.17) is 0 Å². The van der Waals surface area contributed by atoms with Gasteiger partial charge in [0.05, 0.1) is 24.5 Å². The van der Waals surface area contributed by atoms with Crippen molar-refractivity contribution < 1.29 is 4.79 Å². The van der Waals surface area contributed by atoms with Crippen molar-refractivity contribution >= 4 is 5.91 Å². The number of hydrogen-bond donors (Lipinski definition) is 1. The smallest absolute Gasteiger partial charge is 0.217 e. The van der Waals surface area contributed by atoms with E-state index < -0.39 is 0 Å². The van der Waals surface area contributed by atoms with Gasteiger partial charge in [0.1, 0.15) is 0 Å². The highest BCUT2D eigenvalue weighted by Crippen LogP contribution is 2.23. The molecular weight excluding hydrogens is 326 g/mol. The van der Waals surface area contributed by atoms with Crippen LogP contribution in [0.4, 0.5) is 0 Å². The Kier molecular flexibility index (Phi) is 5.04. The van der Waals surface area contributed by atoms with Gasteiger partial charge in [0.15, 0.2) is 0 Å². The summed E-state index contributed by atoms with van der Waals surface area (Å²) < 4.78 is 2.10. The van der Waals surface area contributed by atoms with Gasteiger partial charge in [-0.15, -0.1) is 0 Å². The van der Waals surface area contributed by atoms with Gasteiger partial charge in [-0.1, -0.05) is 30.3 Å². The molecule has 0 saturated carbocycles. The Hall–Kier alpha value is -2.18. The molecule has 1 aromatic heterocycles. The molecule has 2 aliphatic rings. The third kappa shape index (κ3) is 3.97. The standard InChI is InChI=1S/C20H27N5O/c1-16(26)21-12-18-11-20-15-24(9-10-25(20)22-18)19-7-8-23(14-19)13-17-5-3-2-4-6-17/h2-6,11,19H,7-10,12-15H2,1H3,(H,21,26)/t19-/m0/s1. The SMILES string of the molecule is CC(=O)NCc1cc2n(n1)CCN([C@H]1CCN(Cc3ccccc3)C1)C2. The van der Waals surface area contributed by atoms with E-state index >= 15 is 0 Å². The van der Waals surface area contributed by atoms with Crippen LogP contribution in [0.3, 0.4) is 0 Å². The maximum absolute atomic E-state index is 11.1. The van der Waals surface area contributed by atoms with Crippen molar-refractivity contribution in [1.29, 1.82) is 0 Å². The molecule has 1 N–H and O–H groups in total. The molecule has 1 amide bonds. The number of hydrogen-bond acceptors (Lipinski definition) is 4. The van der Waals surface area contributed by atoms with E-state index in [9.17, 15) is 4.79 Å². The number of aromatic nitrogens is 2. The molecule has 1 atom stereocenters. The lowest BCUT2D eigenvalue weighted by Gasteiger charge is -2.32. The predicted molar refractivity (Wildman–Crippen MR) is 100 cm³/mol. The largest absolute Gasteiger partial charge is 0.351 e. The number of nitrogens with zero attached hydrogens (tertiary/aromatic N) is 4. The third-order valence-electron chi connectivity index (χ3n) is 5.41. The highest BCUT2D eigenvalue weighted by molar-refractivity contribution is 5.72. The van der Waals surface area contributed by atoms with Gasteiger partial charge in [0, 0.05) is 45.7 Å². The molecule has 1 aromatic carbocycles. The van der Waals surface area contributed by atoms with Crippen LogP contribution in [0.15, 0.2) is 36.4 Å². The van der Waals surface area contributed by atoms with Gasteiger partial charge in [-0.05, 0) is 18.1 Å². The Morgan fingerprint density at radius 1 is 1.23 bits per heavy atom. The summed E-state index contributed by atoms with van der Waals surface area (Å²) in [7, 11) is 0. The minimum absolute atomic E-state index is 0.0120. The van der Waals surface area contributed by atoms with Crippen LogP contribution in [0.25, 0.3) is 0 Å². The van der Waals surface area contributed by atoms with Crippen molar-refractivity contribution in [3.8, 4) is 0 Å². The fourth-order valence-corrected chi connectivity index (χ4v) is 4.05. The fourth-order valence-electron chi connectivity index (χ4n) is 4.05. The molecule has 6 heteroatoms. The van der Waals surface area contributed by atoms with Crippen molar-refractivity contribution in [2.75, 3.05) is 19.6 Å². The average molecular weight is 353 g/mol. The second-order valence-electron chi connectivity index (χ2n) is 7.39. The third-order valence-corrected chi connectivity index (χ3v) is 5.41. The Morgan fingerprint density at radius 3 is 2.88 bits per heavy atom. The van der Waals surface area contributed by atoms with Crippen LogP contribution in [0.2, 0.25) is 0 Å². The highest BCUT2D eigenvalue weighted by Gasteiger charge is 2.30. The summed E-state index contributed by atoms with van der Waals surface area (Å²) in [5.74, 6) is -0.0120. The second kappa shape index (κ2) is 7.60. The number of benzene rings is 1. The molecule has 4 rings (SSSR count). The minimum Gasteiger partial charge on any atom is -0.351 e. The molecule has 1 saturated heterocycles. The normalized spacial score (nSPS) is 20.9. The first kappa shape index (κ1) is 17.2. The summed E-state index contributed by atoms with van der Waals surface area (Å²) in [4.78, 5) is 16.3. The van der Waals surface area contributed by atoms with E-state index in [2.05, 4.69) is 61.3 Å². The zero-order chi connectivity index (χ0) is 17.9. The molecule has 0 radical (unpaired) electrons. The molecular formula is C20H27N5O. The van der Waals surface area contributed by atoms with E-state index in [1.165, 1.54) is 24.2 Å². The summed E-state index contributed by atoms with van der Waals surface area (Å²) in [5, 5.41) is 7.45. The summed E-state index contributed by atoms with van der Waals surface area (Å²) in [6.45, 7) is 8.36. The van der Waals surface area contributed by atoms with E-state index in [0.717, 1.165) is 38.4 Å². The summed E-state index contributed by atoms with van der Waals surface area (Å²) >= 11 is 0. The van der Waals surface area contributed by atoms with Crippen molar-refractivity contribution in [3.05, 3.63) is 53.3 Å². The lowest BCUT2D eigenvalue weighted by molar-refractivity contribution is -0.119. The number of rotatable bonds is 5. The predicted octanol–water partition coefficient (Wildman–Crippen LogP) is 1.61. The zero-order valence-electron chi connectivity index (χ0n) is 15.4. The van der Waals surface area contributed by atoms with Gasteiger partial charge in [-0.2, -0.15) is 5.10 Å². The van der Waals surface area contributed by atoms with Gasteiger partial charge in [0.25, 0.3) is 0 Å². The molecule has 26 heavy (non-hydrogen) atoms. The molecule has 6 nitrogen and oxygen atoms in total. The highest BCUT2D eigenvalue weighted by atomic mass is 16.1. The van der Waals surface area contributed by atoms with Crippen LogP contribution in [0, 0.1) is 0 Å². The van der Waals surface area contributed by atoms with Crippen LogP contribution >= 0.6 is 0 Å². The zero-order valence-corrected chi connectivity index (χ0v) is 15.4. The summed E-state index contributed by atoms with van der Waals surface area (Å²) in [5.41, 5.74) is 3.61. The quantitative estimate of drug-likeness (QED) is 0.887. The Bertz CT molecular complexity index is 757. The molecule has 138 valence electrons. The molecule has 0 spiro atoms. The first-order valence-electron chi connectivity index (χ1n) is 9.48. The number of amides is 1. The summed E-state index contributed by atoms with van der Waals surface area (Å²) in [6.07, 6.45) is 1.24. The van der Waals surface area contributed by atoms with Crippen LogP contribution in [0.1, 0.15) is 30.3 Å². The summed E-state index contributed by atoms with van der Waals surface area (Å²) in [6, 6.07) is 13.5. The molecule has 2 aliphatic heterocycles. The van der Waals surface area contributed by atoms with Gasteiger partial charge < -0.3 is 5.32 Å². The average Bonchev–Trinajstić information content (AvgIpc) is 3.26. The molecule has 2 aromatic rings. The molecule has 3 heterocycles. The lowest BCUT2D eigenvalue weighted by Crippen LogP contribution is -2.42. The lowest BCUT2D eigenvalue weighted by atomic mass is 10.2. The Balaban J connectivity index is 1.33. The van der Waals surface area contributed by atoms with E-state index in [0.29, 0.717) is 12.6 Å². The van der Waals surface area contributed by atoms with E-state index in [1.54, 1.807) is 6.92 Å². The first-order valence-corrected chi connectivity index (χ1v) is 9.48. The van der Waals surface area contributed by atoms with Crippen molar-refractivity contribution in [3.63, 3.8) is 0 Å². The number of carbonyl (C=O) groups excluding carboxylic acids is 1.